The third kappa shape index (κ3) is 2.42. The highest BCUT2D eigenvalue weighted by molar-refractivity contribution is 4.97. The van der Waals surface area contributed by atoms with Crippen molar-refractivity contribution in [3.8, 4) is 0 Å². The molecule has 82 valence electrons. The molecule has 0 aromatic rings. The number of hydrogen-bond donors (Lipinski definition) is 1. The van der Waals surface area contributed by atoms with Gasteiger partial charge in [-0.3, -0.25) is 4.90 Å². The van der Waals surface area contributed by atoms with Crippen LogP contribution in [0.25, 0.3) is 0 Å². The molecule has 1 N–H and O–H groups in total. The van der Waals surface area contributed by atoms with E-state index in [0.29, 0.717) is 6.54 Å². The highest BCUT2D eigenvalue weighted by Gasteiger charge is 2.47. The molecule has 4 heteroatoms. The topological polar surface area (TPSA) is 15.3 Å². The van der Waals surface area contributed by atoms with Gasteiger partial charge >= 0.3 is 0 Å². The van der Waals surface area contributed by atoms with Crippen LogP contribution in [-0.2, 0) is 0 Å². The Balaban J connectivity index is 1.72. The van der Waals surface area contributed by atoms with Crippen molar-refractivity contribution < 1.29 is 8.78 Å². The molecule has 1 heterocycles. The zero-order chi connectivity index (χ0) is 10.2. The predicted octanol–water partition coefficient (Wildman–Crippen LogP) is 1.18. The molecule has 1 aliphatic heterocycles. The lowest BCUT2D eigenvalue weighted by Gasteiger charge is -2.24. The molecule has 1 aliphatic carbocycles. The molecule has 0 radical (unpaired) electrons. The largest absolute Gasteiger partial charge is 0.311 e. The van der Waals surface area contributed by atoms with E-state index in [4.69, 9.17) is 0 Å². The lowest BCUT2D eigenvalue weighted by Crippen LogP contribution is -2.43. The summed E-state index contributed by atoms with van der Waals surface area (Å²) in [5, 5.41) is 2.71. The lowest BCUT2D eigenvalue weighted by molar-refractivity contribution is -0.0273. The predicted molar refractivity (Wildman–Crippen MR) is 51.5 cm³/mol. The van der Waals surface area contributed by atoms with Crippen LogP contribution in [0.1, 0.15) is 13.3 Å². The van der Waals surface area contributed by atoms with Gasteiger partial charge in [-0.05, 0) is 24.8 Å². The van der Waals surface area contributed by atoms with Crippen LogP contribution in [-0.4, -0.2) is 43.5 Å². The van der Waals surface area contributed by atoms with E-state index >= 15 is 0 Å². The van der Waals surface area contributed by atoms with Gasteiger partial charge in [-0.2, -0.15) is 0 Å². The number of likely N-dealkylation sites (tertiary alicyclic amines) is 1. The average Bonchev–Trinajstić information content (AvgIpc) is 2.71. The fourth-order valence-electron chi connectivity index (χ4n) is 2.32. The first-order chi connectivity index (χ1) is 6.61. The Morgan fingerprint density at radius 1 is 1.36 bits per heavy atom. The van der Waals surface area contributed by atoms with Gasteiger partial charge in [0.25, 0.3) is 5.92 Å². The van der Waals surface area contributed by atoms with Gasteiger partial charge in [-0.15, -0.1) is 0 Å². The Morgan fingerprint density at radius 3 is 2.57 bits per heavy atom. The smallest absolute Gasteiger partial charge is 0.272 e. The molecule has 1 saturated carbocycles. The van der Waals surface area contributed by atoms with E-state index in [-0.39, 0.29) is 13.1 Å². The van der Waals surface area contributed by atoms with Gasteiger partial charge in [0.15, 0.2) is 0 Å². The molecule has 1 saturated heterocycles. The number of halogens is 2. The molecule has 2 unspecified atom stereocenters. The maximum Gasteiger partial charge on any atom is 0.272 e. The second-order valence-electron chi connectivity index (χ2n) is 4.59. The van der Waals surface area contributed by atoms with Gasteiger partial charge in [-0.1, -0.05) is 6.92 Å². The fourth-order valence-corrected chi connectivity index (χ4v) is 2.32. The Labute approximate surface area is 83.7 Å². The highest BCUT2D eigenvalue weighted by atomic mass is 19.3. The van der Waals surface area contributed by atoms with E-state index in [1.807, 2.05) is 11.8 Å². The van der Waals surface area contributed by atoms with E-state index < -0.39 is 5.92 Å². The monoisotopic (exact) mass is 204 g/mol. The number of hydrogen-bond acceptors (Lipinski definition) is 2. The Kier molecular flexibility index (Phi) is 2.75. The highest BCUT2D eigenvalue weighted by Crippen LogP contribution is 2.45. The van der Waals surface area contributed by atoms with Crippen LogP contribution in [0, 0.1) is 11.8 Å². The summed E-state index contributed by atoms with van der Waals surface area (Å²) in [6.07, 6.45) is 1.27. The Hall–Kier alpha value is -0.220. The van der Waals surface area contributed by atoms with E-state index in [0.717, 1.165) is 24.9 Å². The van der Waals surface area contributed by atoms with Crippen molar-refractivity contribution in [2.45, 2.75) is 19.3 Å². The number of nitrogens with zero attached hydrogens (tertiary/aromatic N) is 1. The minimum absolute atomic E-state index is 0.0625. The van der Waals surface area contributed by atoms with Gasteiger partial charge in [0.1, 0.15) is 0 Å². The van der Waals surface area contributed by atoms with Crippen LogP contribution in [0.4, 0.5) is 8.78 Å². The minimum Gasteiger partial charge on any atom is -0.311 e. The van der Waals surface area contributed by atoms with Crippen molar-refractivity contribution in [2.24, 2.45) is 11.8 Å². The molecule has 0 aromatic carbocycles. The molecule has 2 aliphatic rings. The van der Waals surface area contributed by atoms with Gasteiger partial charge < -0.3 is 5.32 Å². The average molecular weight is 204 g/mol. The van der Waals surface area contributed by atoms with Gasteiger partial charge in [0.05, 0.1) is 13.1 Å². The first kappa shape index (κ1) is 10.3. The van der Waals surface area contributed by atoms with Crippen molar-refractivity contribution >= 4 is 0 Å². The van der Waals surface area contributed by atoms with Crippen LogP contribution >= 0.6 is 0 Å². The standard InChI is InChI=1S/C10H18F2N2/c1-2-13-6-10(11,12)7-14-4-8-3-9(8)5-14/h8-9,13H,2-7H2,1H3. The van der Waals surface area contributed by atoms with Crippen LogP contribution in [0.2, 0.25) is 0 Å². The maximum atomic E-state index is 13.3. The normalized spacial score (nSPS) is 31.9. The van der Waals surface area contributed by atoms with Crippen molar-refractivity contribution in [1.82, 2.24) is 10.2 Å². The molecule has 14 heavy (non-hydrogen) atoms. The van der Waals surface area contributed by atoms with Gasteiger partial charge in [0.2, 0.25) is 0 Å². The third-order valence-corrected chi connectivity index (χ3v) is 3.14. The summed E-state index contributed by atoms with van der Waals surface area (Å²) in [4.78, 5) is 1.91. The second-order valence-corrected chi connectivity index (χ2v) is 4.59. The van der Waals surface area contributed by atoms with Gasteiger partial charge in [0, 0.05) is 13.1 Å². The summed E-state index contributed by atoms with van der Waals surface area (Å²) < 4.78 is 26.6. The summed E-state index contributed by atoms with van der Waals surface area (Å²) in [6, 6.07) is 0. The fraction of sp³-hybridized carbons (Fsp3) is 1.00. The molecule has 2 atom stereocenters. The van der Waals surface area contributed by atoms with Crippen LogP contribution in [0.5, 0.6) is 0 Å². The van der Waals surface area contributed by atoms with E-state index in [9.17, 15) is 8.78 Å². The number of nitrogens with one attached hydrogen (secondary N) is 1. The summed E-state index contributed by atoms with van der Waals surface area (Å²) in [5.41, 5.74) is 0. The lowest BCUT2D eigenvalue weighted by atomic mass is 10.3. The molecule has 2 rings (SSSR count). The summed E-state index contributed by atoms with van der Waals surface area (Å²) in [5.74, 6) is -1.08. The van der Waals surface area contributed by atoms with E-state index in [1.165, 1.54) is 6.42 Å². The van der Waals surface area contributed by atoms with Crippen LogP contribution < -0.4 is 5.32 Å². The van der Waals surface area contributed by atoms with E-state index in [2.05, 4.69) is 5.32 Å². The molecule has 0 bridgehead atoms. The zero-order valence-corrected chi connectivity index (χ0v) is 8.60. The second kappa shape index (κ2) is 3.74. The molecular formula is C10H18F2N2. The molecule has 0 spiro atoms. The Morgan fingerprint density at radius 2 is 2.00 bits per heavy atom. The first-order valence-electron chi connectivity index (χ1n) is 5.41. The summed E-state index contributed by atoms with van der Waals surface area (Å²) >= 11 is 0. The number of alkyl halides is 2. The number of rotatable bonds is 5. The maximum absolute atomic E-state index is 13.3. The first-order valence-corrected chi connectivity index (χ1v) is 5.41. The molecule has 2 nitrogen and oxygen atoms in total. The molecule has 0 amide bonds. The summed E-state index contributed by atoms with van der Waals surface area (Å²) in [6.45, 7) is 4.00. The van der Waals surface area contributed by atoms with Crippen molar-refractivity contribution in [3.05, 3.63) is 0 Å². The minimum atomic E-state index is -2.56. The third-order valence-electron chi connectivity index (χ3n) is 3.14. The number of piperidine rings is 1. The quantitative estimate of drug-likeness (QED) is 0.723. The zero-order valence-electron chi connectivity index (χ0n) is 8.60. The molecular weight excluding hydrogens is 186 g/mol. The van der Waals surface area contributed by atoms with Crippen molar-refractivity contribution in [3.63, 3.8) is 0 Å². The van der Waals surface area contributed by atoms with Crippen LogP contribution in [0.15, 0.2) is 0 Å². The van der Waals surface area contributed by atoms with Gasteiger partial charge in [-0.25, -0.2) is 8.78 Å². The summed E-state index contributed by atoms with van der Waals surface area (Å²) in [7, 11) is 0. The molecule has 2 fully saturated rings. The molecule has 0 aromatic heterocycles. The van der Waals surface area contributed by atoms with Crippen molar-refractivity contribution in [1.29, 1.82) is 0 Å². The van der Waals surface area contributed by atoms with Crippen LogP contribution in [0.3, 0.4) is 0 Å². The van der Waals surface area contributed by atoms with Crippen molar-refractivity contribution in [2.75, 3.05) is 32.7 Å². The number of fused-ring (bicyclic) bond motifs is 1. The Bertz CT molecular complexity index is 198. The van der Waals surface area contributed by atoms with E-state index in [1.54, 1.807) is 0 Å². The SMILES string of the molecule is CCNCC(F)(F)CN1CC2CC2C1.